The van der Waals surface area contributed by atoms with Crippen LogP contribution in [0.4, 0.5) is 4.39 Å². The Hall–Kier alpha value is -4.72. The number of halogens is 1. The Bertz CT molecular complexity index is 1760. The number of carboxylic acid groups (broad SMARTS) is 1. The third-order valence-electron chi connectivity index (χ3n) is 7.81. The highest BCUT2D eigenvalue weighted by Gasteiger charge is 2.29. The van der Waals surface area contributed by atoms with E-state index in [9.17, 15) is 14.7 Å². The van der Waals surface area contributed by atoms with Gasteiger partial charge in [0.1, 0.15) is 23.8 Å². The minimum atomic E-state index is -1.15. The van der Waals surface area contributed by atoms with Gasteiger partial charge in [0.25, 0.3) is 5.91 Å². The van der Waals surface area contributed by atoms with Crippen LogP contribution in [-0.4, -0.2) is 39.5 Å². The minimum absolute atomic E-state index is 0.0179. The van der Waals surface area contributed by atoms with Crippen molar-refractivity contribution in [2.24, 2.45) is 0 Å². The fourth-order valence-corrected chi connectivity index (χ4v) is 5.29. The Morgan fingerprint density at radius 2 is 2.00 bits per heavy atom. The van der Waals surface area contributed by atoms with E-state index in [1.807, 2.05) is 25.1 Å². The third-order valence-corrected chi connectivity index (χ3v) is 7.81. The molecular formula is C33H30FN3O4. The minimum Gasteiger partial charge on any atom is -0.488 e. The van der Waals surface area contributed by atoms with Gasteiger partial charge in [-0.3, -0.25) is 4.79 Å². The number of imidazole rings is 1. The molecule has 1 amide bonds. The molecule has 7 nitrogen and oxygen atoms in total. The first-order chi connectivity index (χ1) is 19.8. The molecule has 1 aliphatic carbocycles. The molecule has 41 heavy (non-hydrogen) atoms. The number of amides is 1. The Balaban J connectivity index is 1.28. The highest BCUT2D eigenvalue weighted by atomic mass is 19.1. The molecule has 2 aromatic heterocycles. The van der Waals surface area contributed by atoms with E-state index in [-0.39, 0.29) is 29.2 Å². The Labute approximate surface area is 237 Å². The van der Waals surface area contributed by atoms with Crippen LogP contribution in [0.1, 0.15) is 65.2 Å². The van der Waals surface area contributed by atoms with Crippen LogP contribution < -0.4 is 10.1 Å². The Morgan fingerprint density at radius 1 is 1.20 bits per heavy atom. The SMILES string of the molecule is C/C=C(/C)c1ccccc1CCNC(=O)c1cc(C2CC2)c2nc(-c3ccc4c(c3F)C=C(C(=O)O)CO4)cn2c1. The van der Waals surface area contributed by atoms with Crippen molar-refractivity contribution in [2.75, 3.05) is 13.2 Å². The molecule has 2 N–H and O–H groups in total. The molecule has 4 aromatic rings. The van der Waals surface area contributed by atoms with Crippen LogP contribution in [0.2, 0.25) is 0 Å². The van der Waals surface area contributed by atoms with E-state index in [1.165, 1.54) is 22.8 Å². The van der Waals surface area contributed by atoms with Crippen molar-refractivity contribution in [2.45, 2.75) is 39.0 Å². The van der Waals surface area contributed by atoms with Gasteiger partial charge in [-0.25, -0.2) is 14.2 Å². The van der Waals surface area contributed by atoms with E-state index in [2.05, 4.69) is 30.4 Å². The molecule has 0 atom stereocenters. The van der Waals surface area contributed by atoms with E-state index < -0.39 is 11.8 Å². The lowest BCUT2D eigenvalue weighted by atomic mass is 9.98. The normalized spacial score (nSPS) is 14.8. The molecule has 0 radical (unpaired) electrons. The Morgan fingerprint density at radius 3 is 2.76 bits per heavy atom. The van der Waals surface area contributed by atoms with Crippen molar-refractivity contribution >= 4 is 29.2 Å². The maximum absolute atomic E-state index is 15.6. The number of hydrogen-bond donors (Lipinski definition) is 2. The molecule has 1 aliphatic heterocycles. The van der Waals surface area contributed by atoms with Crippen molar-refractivity contribution in [1.29, 1.82) is 0 Å². The van der Waals surface area contributed by atoms with Crippen molar-refractivity contribution in [3.63, 3.8) is 0 Å². The zero-order chi connectivity index (χ0) is 28.7. The van der Waals surface area contributed by atoms with Gasteiger partial charge < -0.3 is 19.6 Å². The number of aliphatic carboxylic acids is 1. The Kier molecular flexibility index (Phi) is 6.91. The highest BCUT2D eigenvalue weighted by Crippen LogP contribution is 2.43. The molecule has 0 bridgehead atoms. The maximum Gasteiger partial charge on any atom is 0.335 e. The number of hydrogen-bond acceptors (Lipinski definition) is 4. The van der Waals surface area contributed by atoms with Crippen LogP contribution in [0.15, 0.2) is 66.5 Å². The topological polar surface area (TPSA) is 92.9 Å². The predicted molar refractivity (Wildman–Crippen MR) is 155 cm³/mol. The molecule has 1 saturated carbocycles. The predicted octanol–water partition coefficient (Wildman–Crippen LogP) is 6.27. The second kappa shape index (κ2) is 10.7. The number of carbonyl (C=O) groups is 2. The highest BCUT2D eigenvalue weighted by molar-refractivity contribution is 5.95. The average Bonchev–Trinajstić information content (AvgIpc) is 3.74. The number of benzene rings is 2. The van der Waals surface area contributed by atoms with Gasteiger partial charge in [0.05, 0.1) is 22.4 Å². The van der Waals surface area contributed by atoms with Gasteiger partial charge >= 0.3 is 5.97 Å². The zero-order valence-electron chi connectivity index (χ0n) is 22.9. The number of pyridine rings is 1. The molecule has 2 aliphatic rings. The first-order valence-corrected chi connectivity index (χ1v) is 13.8. The first-order valence-electron chi connectivity index (χ1n) is 13.8. The van der Waals surface area contributed by atoms with E-state index in [1.54, 1.807) is 28.9 Å². The van der Waals surface area contributed by atoms with Gasteiger partial charge in [0.2, 0.25) is 0 Å². The third kappa shape index (κ3) is 5.13. The van der Waals surface area contributed by atoms with E-state index in [4.69, 9.17) is 9.72 Å². The summed E-state index contributed by atoms with van der Waals surface area (Å²) in [5.74, 6) is -1.32. The van der Waals surface area contributed by atoms with E-state index in [0.717, 1.165) is 18.4 Å². The van der Waals surface area contributed by atoms with Crippen LogP contribution in [0, 0.1) is 5.82 Å². The van der Waals surface area contributed by atoms with Gasteiger partial charge in [0.15, 0.2) is 0 Å². The van der Waals surface area contributed by atoms with Crippen LogP contribution in [0.3, 0.4) is 0 Å². The lowest BCUT2D eigenvalue weighted by molar-refractivity contribution is -0.132. The molecule has 2 aromatic carbocycles. The van der Waals surface area contributed by atoms with Gasteiger partial charge in [-0.1, -0.05) is 30.3 Å². The summed E-state index contributed by atoms with van der Waals surface area (Å²) in [6, 6.07) is 13.3. The summed E-state index contributed by atoms with van der Waals surface area (Å²) in [5.41, 5.74) is 6.45. The monoisotopic (exact) mass is 551 g/mol. The van der Waals surface area contributed by atoms with Crippen LogP contribution in [0.25, 0.3) is 28.6 Å². The number of nitrogens with zero attached hydrogens (tertiary/aromatic N) is 2. The number of aromatic nitrogens is 2. The lowest BCUT2D eigenvalue weighted by Gasteiger charge is -2.17. The number of rotatable bonds is 8. The summed E-state index contributed by atoms with van der Waals surface area (Å²) in [7, 11) is 0. The molecule has 0 saturated heterocycles. The lowest BCUT2D eigenvalue weighted by Crippen LogP contribution is -2.26. The van der Waals surface area contributed by atoms with Crippen molar-refractivity contribution in [3.8, 4) is 17.0 Å². The van der Waals surface area contributed by atoms with Crippen molar-refractivity contribution < 1.29 is 23.8 Å². The quantitative estimate of drug-likeness (QED) is 0.269. The molecule has 8 heteroatoms. The second-order valence-electron chi connectivity index (χ2n) is 10.6. The molecular weight excluding hydrogens is 521 g/mol. The molecule has 208 valence electrons. The molecule has 6 rings (SSSR count). The summed E-state index contributed by atoms with van der Waals surface area (Å²) in [6.45, 7) is 4.48. The van der Waals surface area contributed by atoms with E-state index in [0.29, 0.717) is 41.5 Å². The number of carboxylic acids is 1. The number of fused-ring (bicyclic) bond motifs is 2. The van der Waals surface area contributed by atoms with Crippen molar-refractivity contribution in [1.82, 2.24) is 14.7 Å². The van der Waals surface area contributed by atoms with Crippen LogP contribution in [0.5, 0.6) is 5.75 Å². The average molecular weight is 552 g/mol. The summed E-state index contributed by atoms with van der Waals surface area (Å²) in [4.78, 5) is 29.4. The summed E-state index contributed by atoms with van der Waals surface area (Å²) in [5, 5.41) is 12.4. The second-order valence-corrected chi connectivity index (χ2v) is 10.6. The summed E-state index contributed by atoms with van der Waals surface area (Å²) in [6.07, 6.45) is 9.57. The molecule has 0 spiro atoms. The van der Waals surface area contributed by atoms with Gasteiger partial charge in [-0.2, -0.15) is 0 Å². The standard InChI is InChI=1S/C33H30FN3O4/c1-3-19(2)24-7-5-4-6-20(24)12-13-35-32(38)22-14-26(21-8-9-21)31-36-28(17-37(31)16-22)25-10-11-29-27(30(25)34)15-23(18-41-29)33(39)40/h3-7,10-11,14-17,21H,8-9,12-13,18H2,1-2H3,(H,35,38)(H,39,40)/b19-3-. The van der Waals surface area contributed by atoms with Gasteiger partial charge in [-0.15, -0.1) is 0 Å². The summed E-state index contributed by atoms with van der Waals surface area (Å²) < 4.78 is 22.9. The number of carbonyl (C=O) groups excluding carboxylic acids is 1. The van der Waals surface area contributed by atoms with Crippen molar-refractivity contribution in [3.05, 3.63) is 100 Å². The fourth-order valence-electron chi connectivity index (χ4n) is 5.29. The smallest absolute Gasteiger partial charge is 0.335 e. The molecule has 1 fully saturated rings. The van der Waals surface area contributed by atoms with Crippen LogP contribution >= 0.6 is 0 Å². The molecule has 0 unspecified atom stereocenters. The number of ether oxygens (including phenoxy) is 1. The van der Waals surface area contributed by atoms with E-state index >= 15 is 4.39 Å². The molecule has 3 heterocycles. The number of nitrogens with one attached hydrogen (secondary N) is 1. The fraction of sp³-hybridized carbons (Fsp3) is 0.242. The van der Waals surface area contributed by atoms with Crippen LogP contribution in [-0.2, 0) is 11.2 Å². The summed E-state index contributed by atoms with van der Waals surface area (Å²) >= 11 is 0. The zero-order valence-corrected chi connectivity index (χ0v) is 22.9. The first kappa shape index (κ1) is 26.5. The van der Waals surface area contributed by atoms with Gasteiger partial charge in [0, 0.05) is 24.5 Å². The van der Waals surface area contributed by atoms with Gasteiger partial charge in [-0.05, 0) is 85.6 Å². The maximum atomic E-state index is 15.6. The largest absolute Gasteiger partial charge is 0.488 e. The number of allylic oxidation sites excluding steroid dienone is 2.